The highest BCUT2D eigenvalue weighted by molar-refractivity contribution is 6.07. The van der Waals surface area contributed by atoms with Gasteiger partial charge in [0.05, 0.1) is 21.3 Å². The Morgan fingerprint density at radius 3 is 2.00 bits per heavy atom. The molecule has 39 heavy (non-hydrogen) atoms. The summed E-state index contributed by atoms with van der Waals surface area (Å²) in [5.41, 5.74) is 2.64. The fourth-order valence-electron chi connectivity index (χ4n) is 5.59. The van der Waals surface area contributed by atoms with Gasteiger partial charge in [0.15, 0.2) is 17.3 Å². The normalized spacial score (nSPS) is 18.5. The molecule has 3 aromatic rings. The van der Waals surface area contributed by atoms with E-state index in [2.05, 4.69) is 13.8 Å². The lowest BCUT2D eigenvalue weighted by Gasteiger charge is -2.43. The second-order valence-corrected chi connectivity index (χ2v) is 10.7. The maximum absolute atomic E-state index is 13.8. The van der Waals surface area contributed by atoms with E-state index in [1.807, 2.05) is 66.7 Å². The first-order chi connectivity index (χ1) is 18.7. The highest BCUT2D eigenvalue weighted by Gasteiger charge is 2.44. The van der Waals surface area contributed by atoms with E-state index in [9.17, 15) is 9.59 Å². The molecule has 202 valence electrons. The van der Waals surface area contributed by atoms with Crippen LogP contribution in [-0.4, -0.2) is 33.0 Å². The molecule has 1 aliphatic heterocycles. The molecule has 2 aliphatic rings. The van der Waals surface area contributed by atoms with E-state index in [0.29, 0.717) is 47.1 Å². The lowest BCUT2D eigenvalue weighted by atomic mass is 9.69. The SMILES string of the molecule is COc1cc(C2CC(=O)N(c3ccc(Oc4ccccc4)cc3)C3=C2C(=O)CC(C)(C)C3)cc(OC)c1OC. The van der Waals surface area contributed by atoms with Gasteiger partial charge >= 0.3 is 0 Å². The van der Waals surface area contributed by atoms with E-state index >= 15 is 0 Å². The third-order valence-corrected chi connectivity index (χ3v) is 7.31. The highest BCUT2D eigenvalue weighted by Crippen LogP contribution is 2.50. The van der Waals surface area contributed by atoms with Crippen LogP contribution in [0.3, 0.4) is 0 Å². The minimum Gasteiger partial charge on any atom is -0.493 e. The molecular weight excluding hydrogens is 494 g/mol. The van der Waals surface area contributed by atoms with Crippen LogP contribution in [0.1, 0.15) is 44.6 Å². The fourth-order valence-corrected chi connectivity index (χ4v) is 5.59. The number of methoxy groups -OCH3 is 3. The van der Waals surface area contributed by atoms with Gasteiger partial charge in [-0.05, 0) is 65.9 Å². The largest absolute Gasteiger partial charge is 0.493 e. The molecule has 0 bridgehead atoms. The van der Waals surface area contributed by atoms with Crippen LogP contribution in [-0.2, 0) is 9.59 Å². The van der Waals surface area contributed by atoms with Crippen LogP contribution in [0.25, 0.3) is 0 Å². The Morgan fingerprint density at radius 2 is 1.41 bits per heavy atom. The first-order valence-electron chi connectivity index (χ1n) is 13.0. The number of carbonyl (C=O) groups excluding carboxylic acids is 2. The summed E-state index contributed by atoms with van der Waals surface area (Å²) in [5.74, 6) is 2.41. The van der Waals surface area contributed by atoms with Crippen molar-refractivity contribution >= 4 is 17.4 Å². The third kappa shape index (κ3) is 5.09. The number of amides is 1. The quantitative estimate of drug-likeness (QED) is 0.342. The zero-order valence-corrected chi connectivity index (χ0v) is 22.9. The smallest absolute Gasteiger partial charge is 0.232 e. The summed E-state index contributed by atoms with van der Waals surface area (Å²) in [4.78, 5) is 29.2. The molecule has 0 fully saturated rings. The summed E-state index contributed by atoms with van der Waals surface area (Å²) in [6.07, 6.45) is 1.16. The third-order valence-electron chi connectivity index (χ3n) is 7.31. The van der Waals surface area contributed by atoms with Gasteiger partial charge in [-0.25, -0.2) is 0 Å². The number of nitrogens with zero attached hydrogens (tertiary/aromatic N) is 1. The highest BCUT2D eigenvalue weighted by atomic mass is 16.5. The first-order valence-corrected chi connectivity index (χ1v) is 13.0. The van der Waals surface area contributed by atoms with E-state index in [1.54, 1.807) is 26.2 Å². The Balaban J connectivity index is 1.58. The van der Waals surface area contributed by atoms with Crippen LogP contribution in [0.5, 0.6) is 28.7 Å². The van der Waals surface area contributed by atoms with Crippen molar-refractivity contribution in [1.29, 1.82) is 0 Å². The molecule has 1 aliphatic carbocycles. The molecule has 0 saturated carbocycles. The number of ketones is 1. The van der Waals surface area contributed by atoms with Crippen LogP contribution in [0.2, 0.25) is 0 Å². The predicted octanol–water partition coefficient (Wildman–Crippen LogP) is 6.67. The molecule has 0 N–H and O–H groups in total. The second kappa shape index (κ2) is 10.5. The number of Topliss-reactive ketones (excluding diaryl/α,β-unsaturated/α-hetero) is 1. The molecule has 1 amide bonds. The predicted molar refractivity (Wildman–Crippen MR) is 149 cm³/mol. The molecule has 1 heterocycles. The number of para-hydroxylation sites is 1. The minimum absolute atomic E-state index is 0.0570. The summed E-state index contributed by atoms with van der Waals surface area (Å²) in [7, 11) is 4.66. The van der Waals surface area contributed by atoms with Gasteiger partial charge in [-0.15, -0.1) is 0 Å². The van der Waals surface area contributed by atoms with Crippen molar-refractivity contribution in [3.05, 3.63) is 83.6 Å². The van der Waals surface area contributed by atoms with E-state index in [0.717, 1.165) is 17.0 Å². The molecule has 7 nitrogen and oxygen atoms in total. The summed E-state index contributed by atoms with van der Waals surface area (Å²) < 4.78 is 22.6. The number of rotatable bonds is 7. The van der Waals surface area contributed by atoms with Gasteiger partial charge in [0, 0.05) is 35.7 Å². The Labute approximate surface area is 228 Å². The number of hydrogen-bond donors (Lipinski definition) is 0. The first kappa shape index (κ1) is 26.4. The molecule has 1 atom stereocenters. The standard InChI is InChI=1S/C32H33NO6/c1-32(2)18-25-30(26(34)19-32)24(20-15-27(36-3)31(38-5)28(16-20)37-4)17-29(35)33(25)21-11-13-23(14-12-21)39-22-9-7-6-8-10-22/h6-16,24H,17-19H2,1-5H3. The monoisotopic (exact) mass is 527 g/mol. The minimum atomic E-state index is -0.415. The van der Waals surface area contributed by atoms with Gasteiger partial charge in [-0.3, -0.25) is 14.5 Å². The van der Waals surface area contributed by atoms with Gasteiger partial charge in [-0.1, -0.05) is 32.0 Å². The van der Waals surface area contributed by atoms with Crippen LogP contribution in [0.15, 0.2) is 78.0 Å². The zero-order chi connectivity index (χ0) is 27.7. The maximum atomic E-state index is 13.8. The molecular formula is C32H33NO6. The number of anilines is 1. The molecule has 0 saturated heterocycles. The van der Waals surface area contributed by atoms with Crippen molar-refractivity contribution in [1.82, 2.24) is 0 Å². The van der Waals surface area contributed by atoms with Crippen LogP contribution < -0.4 is 23.8 Å². The Kier molecular flexibility index (Phi) is 7.08. The second-order valence-electron chi connectivity index (χ2n) is 10.7. The summed E-state index contributed by atoms with van der Waals surface area (Å²) in [6.45, 7) is 4.13. The fraction of sp³-hybridized carbons (Fsp3) is 0.312. The number of carbonyl (C=O) groups is 2. The van der Waals surface area contributed by atoms with E-state index in [4.69, 9.17) is 18.9 Å². The number of benzene rings is 3. The molecule has 3 aromatic carbocycles. The lowest BCUT2D eigenvalue weighted by molar-refractivity contribution is -0.121. The van der Waals surface area contributed by atoms with Gasteiger partial charge in [0.25, 0.3) is 0 Å². The number of allylic oxidation sites excluding steroid dienone is 2. The van der Waals surface area contributed by atoms with E-state index in [-0.39, 0.29) is 23.5 Å². The van der Waals surface area contributed by atoms with E-state index in [1.165, 1.54) is 0 Å². The van der Waals surface area contributed by atoms with Crippen molar-refractivity contribution in [2.45, 2.75) is 39.0 Å². The average Bonchev–Trinajstić information content (AvgIpc) is 2.92. The average molecular weight is 528 g/mol. The van der Waals surface area contributed by atoms with Crippen molar-refractivity contribution in [2.24, 2.45) is 5.41 Å². The van der Waals surface area contributed by atoms with Gasteiger partial charge in [-0.2, -0.15) is 0 Å². The Morgan fingerprint density at radius 1 is 0.795 bits per heavy atom. The Bertz CT molecular complexity index is 1400. The van der Waals surface area contributed by atoms with Crippen LogP contribution >= 0.6 is 0 Å². The van der Waals surface area contributed by atoms with Crippen molar-refractivity contribution < 1.29 is 28.5 Å². The molecule has 0 aromatic heterocycles. The molecule has 5 rings (SSSR count). The van der Waals surface area contributed by atoms with Crippen molar-refractivity contribution in [3.8, 4) is 28.7 Å². The number of hydrogen-bond acceptors (Lipinski definition) is 6. The summed E-state index contributed by atoms with van der Waals surface area (Å²) >= 11 is 0. The van der Waals surface area contributed by atoms with Crippen molar-refractivity contribution in [2.75, 3.05) is 26.2 Å². The van der Waals surface area contributed by atoms with Crippen LogP contribution in [0.4, 0.5) is 5.69 Å². The van der Waals surface area contributed by atoms with Gasteiger partial charge < -0.3 is 18.9 Å². The molecule has 0 spiro atoms. The zero-order valence-electron chi connectivity index (χ0n) is 22.9. The van der Waals surface area contributed by atoms with E-state index < -0.39 is 5.92 Å². The Hall–Kier alpha value is -4.26. The van der Waals surface area contributed by atoms with Crippen LogP contribution in [0, 0.1) is 5.41 Å². The topological polar surface area (TPSA) is 74.3 Å². The molecule has 0 radical (unpaired) electrons. The summed E-state index contributed by atoms with van der Waals surface area (Å²) in [6, 6.07) is 20.6. The summed E-state index contributed by atoms with van der Waals surface area (Å²) in [5, 5.41) is 0. The van der Waals surface area contributed by atoms with Crippen molar-refractivity contribution in [3.63, 3.8) is 0 Å². The number of ether oxygens (including phenoxy) is 4. The lowest BCUT2D eigenvalue weighted by Crippen LogP contribution is -2.43. The molecule has 7 heteroatoms. The van der Waals surface area contributed by atoms with Gasteiger partial charge in [0.2, 0.25) is 11.7 Å². The molecule has 1 unspecified atom stereocenters. The maximum Gasteiger partial charge on any atom is 0.232 e. The van der Waals surface area contributed by atoms with Gasteiger partial charge in [0.1, 0.15) is 11.5 Å².